The van der Waals surface area contributed by atoms with Crippen LogP contribution in [0.1, 0.15) is 12.8 Å². The summed E-state index contributed by atoms with van der Waals surface area (Å²) in [4.78, 5) is 10.2. The van der Waals surface area contributed by atoms with Gasteiger partial charge in [-0.05, 0) is 0 Å². The summed E-state index contributed by atoms with van der Waals surface area (Å²) >= 11 is 0. The number of aliphatic hydroxyl groups excluding tert-OH is 2. The minimum absolute atomic E-state index is 0.0668. The molecule has 1 saturated heterocycles. The van der Waals surface area contributed by atoms with E-state index in [2.05, 4.69) is 5.32 Å². The summed E-state index contributed by atoms with van der Waals surface area (Å²) in [6.07, 6.45) is -2.75. The zero-order chi connectivity index (χ0) is 10.1. The lowest BCUT2D eigenvalue weighted by atomic mass is 10.0. The molecule has 0 aliphatic carbocycles. The molecule has 6 nitrogen and oxygen atoms in total. The Hall–Kier alpha value is -0.690. The second kappa shape index (κ2) is 3.59. The van der Waals surface area contributed by atoms with Gasteiger partial charge in [-0.1, -0.05) is 0 Å². The molecule has 0 aromatic rings. The van der Waals surface area contributed by atoms with Gasteiger partial charge in [0.2, 0.25) is 0 Å². The quantitative estimate of drug-likeness (QED) is 0.348. The molecule has 1 fully saturated rings. The Morgan fingerprint density at radius 3 is 2.54 bits per heavy atom. The molecule has 1 aliphatic rings. The summed E-state index contributed by atoms with van der Waals surface area (Å²) in [7, 11) is 0. The van der Waals surface area contributed by atoms with E-state index in [1.165, 1.54) is 0 Å². The highest BCUT2D eigenvalue weighted by molar-refractivity contribution is 5.66. The average Bonchev–Trinajstić information content (AvgIpc) is 2.31. The number of carbonyl (C=O) groups is 1. The van der Waals surface area contributed by atoms with Crippen LogP contribution in [0.25, 0.3) is 0 Å². The number of nitrogens with one attached hydrogen (secondary N) is 1. The van der Waals surface area contributed by atoms with Crippen LogP contribution in [0.4, 0.5) is 0 Å². The van der Waals surface area contributed by atoms with Crippen LogP contribution in [0.15, 0.2) is 0 Å². The molecule has 0 radical (unpaired) electrons. The number of rotatable bonds is 3. The number of carboxylic acids is 1. The van der Waals surface area contributed by atoms with E-state index < -0.39 is 23.9 Å². The van der Waals surface area contributed by atoms with Crippen molar-refractivity contribution < 1.29 is 25.2 Å². The average molecular weight is 191 g/mol. The van der Waals surface area contributed by atoms with Crippen molar-refractivity contribution >= 4 is 5.97 Å². The third-order valence-electron chi connectivity index (χ3n) is 2.19. The standard InChI is InChI=1S/C7H13NO5/c9-4-3-8-7(13,6(4)12)2-1-5(10)11/h4,6,8-9,12-13H,1-3H2,(H,10,11)/t4-,6-,7-/m1/s1. The Balaban J connectivity index is 2.51. The number of β-amino-alcohol motifs (C(OH)–C–C–N with tert-alkyl or cyclic N) is 1. The van der Waals surface area contributed by atoms with Gasteiger partial charge in [-0.3, -0.25) is 10.1 Å². The highest BCUT2D eigenvalue weighted by atomic mass is 16.4. The zero-order valence-corrected chi connectivity index (χ0v) is 6.97. The smallest absolute Gasteiger partial charge is 0.303 e. The third-order valence-corrected chi connectivity index (χ3v) is 2.19. The number of hydrogen-bond donors (Lipinski definition) is 5. The van der Waals surface area contributed by atoms with Gasteiger partial charge in [0.1, 0.15) is 11.8 Å². The van der Waals surface area contributed by atoms with Crippen LogP contribution in [0.3, 0.4) is 0 Å². The number of carboxylic acid groups (broad SMARTS) is 1. The molecule has 1 rings (SSSR count). The molecule has 3 atom stereocenters. The fraction of sp³-hybridized carbons (Fsp3) is 0.857. The van der Waals surface area contributed by atoms with Crippen molar-refractivity contribution in [1.29, 1.82) is 0 Å². The van der Waals surface area contributed by atoms with Gasteiger partial charge in [-0.15, -0.1) is 0 Å². The van der Waals surface area contributed by atoms with E-state index >= 15 is 0 Å². The Bertz CT molecular complexity index is 209. The van der Waals surface area contributed by atoms with Crippen LogP contribution >= 0.6 is 0 Å². The van der Waals surface area contributed by atoms with Gasteiger partial charge >= 0.3 is 5.97 Å². The summed E-state index contributed by atoms with van der Waals surface area (Å²) in [5.41, 5.74) is -1.67. The monoisotopic (exact) mass is 191 g/mol. The van der Waals surface area contributed by atoms with Crippen molar-refractivity contribution in [3.8, 4) is 0 Å². The minimum atomic E-state index is -1.67. The van der Waals surface area contributed by atoms with Gasteiger partial charge in [-0.25, -0.2) is 0 Å². The van der Waals surface area contributed by atoms with Crippen molar-refractivity contribution in [2.45, 2.75) is 30.8 Å². The lowest BCUT2D eigenvalue weighted by molar-refractivity contribution is -0.141. The second-order valence-electron chi connectivity index (χ2n) is 3.21. The molecule has 76 valence electrons. The Morgan fingerprint density at radius 1 is 1.54 bits per heavy atom. The van der Waals surface area contributed by atoms with Gasteiger partial charge in [0.15, 0.2) is 0 Å². The summed E-state index contributed by atoms with van der Waals surface area (Å²) in [5, 5.41) is 38.8. The maximum atomic E-state index is 10.2. The van der Waals surface area contributed by atoms with Crippen LogP contribution in [-0.4, -0.2) is 50.9 Å². The third kappa shape index (κ3) is 2.16. The first-order valence-electron chi connectivity index (χ1n) is 4.01. The predicted molar refractivity (Wildman–Crippen MR) is 41.8 cm³/mol. The maximum Gasteiger partial charge on any atom is 0.303 e. The van der Waals surface area contributed by atoms with Crippen LogP contribution in [-0.2, 0) is 4.79 Å². The van der Waals surface area contributed by atoms with Crippen molar-refractivity contribution in [2.75, 3.05) is 6.54 Å². The molecule has 0 saturated carbocycles. The highest BCUT2D eigenvalue weighted by Crippen LogP contribution is 2.22. The van der Waals surface area contributed by atoms with E-state index in [-0.39, 0.29) is 19.4 Å². The first-order valence-corrected chi connectivity index (χ1v) is 4.01. The normalized spacial score (nSPS) is 39.3. The first-order chi connectivity index (χ1) is 5.96. The molecule has 0 amide bonds. The van der Waals surface area contributed by atoms with Crippen molar-refractivity contribution in [3.05, 3.63) is 0 Å². The molecule has 6 heteroatoms. The largest absolute Gasteiger partial charge is 0.481 e. The Morgan fingerprint density at radius 2 is 2.15 bits per heavy atom. The predicted octanol–water partition coefficient (Wildman–Crippen LogP) is -2.14. The molecule has 0 unspecified atom stereocenters. The molecule has 0 spiro atoms. The van der Waals surface area contributed by atoms with Crippen LogP contribution in [0, 0.1) is 0 Å². The van der Waals surface area contributed by atoms with E-state index in [0.717, 1.165) is 0 Å². The van der Waals surface area contributed by atoms with Crippen LogP contribution in [0.2, 0.25) is 0 Å². The van der Waals surface area contributed by atoms with Crippen molar-refractivity contribution in [3.63, 3.8) is 0 Å². The molecule has 1 heterocycles. The van der Waals surface area contributed by atoms with Gasteiger partial charge in [0.25, 0.3) is 0 Å². The lowest BCUT2D eigenvalue weighted by Crippen LogP contribution is -2.49. The van der Waals surface area contributed by atoms with Gasteiger partial charge < -0.3 is 20.4 Å². The molecule has 13 heavy (non-hydrogen) atoms. The van der Waals surface area contributed by atoms with Crippen molar-refractivity contribution in [1.82, 2.24) is 5.32 Å². The van der Waals surface area contributed by atoms with Crippen LogP contribution < -0.4 is 5.32 Å². The summed E-state index contributed by atoms with van der Waals surface area (Å²) in [6.45, 7) is 0.0668. The van der Waals surface area contributed by atoms with Crippen LogP contribution in [0.5, 0.6) is 0 Å². The zero-order valence-electron chi connectivity index (χ0n) is 6.97. The van der Waals surface area contributed by atoms with Gasteiger partial charge in [-0.2, -0.15) is 0 Å². The molecular formula is C7H13NO5. The van der Waals surface area contributed by atoms with Gasteiger partial charge in [0, 0.05) is 19.4 Å². The Labute approximate surface area is 74.8 Å². The minimum Gasteiger partial charge on any atom is -0.481 e. The summed E-state index contributed by atoms with van der Waals surface area (Å²) in [5.74, 6) is -1.05. The SMILES string of the molecule is O=C(O)CC[C@]1(O)NC[C@@H](O)[C@H]1O. The first kappa shape index (κ1) is 10.4. The summed E-state index contributed by atoms with van der Waals surface area (Å²) < 4.78 is 0. The lowest BCUT2D eigenvalue weighted by Gasteiger charge is -2.26. The molecular weight excluding hydrogens is 178 g/mol. The molecule has 5 N–H and O–H groups in total. The maximum absolute atomic E-state index is 10.2. The van der Waals surface area contributed by atoms with E-state index in [1.807, 2.05) is 0 Å². The van der Waals surface area contributed by atoms with E-state index in [1.54, 1.807) is 0 Å². The molecule has 1 aliphatic heterocycles. The molecule has 0 aromatic heterocycles. The number of aliphatic carboxylic acids is 1. The van der Waals surface area contributed by atoms with Gasteiger partial charge in [0.05, 0.1) is 6.10 Å². The van der Waals surface area contributed by atoms with E-state index in [9.17, 15) is 15.0 Å². The Kier molecular flexibility index (Phi) is 2.87. The van der Waals surface area contributed by atoms with E-state index in [4.69, 9.17) is 10.2 Å². The second-order valence-corrected chi connectivity index (χ2v) is 3.21. The number of hydrogen-bond acceptors (Lipinski definition) is 5. The molecule has 0 aromatic carbocycles. The highest BCUT2D eigenvalue weighted by Gasteiger charge is 2.45. The fourth-order valence-electron chi connectivity index (χ4n) is 1.35. The van der Waals surface area contributed by atoms with Crippen molar-refractivity contribution in [2.24, 2.45) is 0 Å². The summed E-state index contributed by atoms with van der Waals surface area (Å²) in [6, 6.07) is 0. The van der Waals surface area contributed by atoms with E-state index in [0.29, 0.717) is 0 Å². The fourth-order valence-corrected chi connectivity index (χ4v) is 1.35. The number of aliphatic hydroxyl groups is 3. The topological polar surface area (TPSA) is 110 Å². The molecule has 0 bridgehead atoms.